The average Bonchev–Trinajstić information content (AvgIpc) is 2.89. The van der Waals surface area contributed by atoms with E-state index in [0.29, 0.717) is 6.42 Å². The minimum atomic E-state index is -0.712. The van der Waals surface area contributed by atoms with E-state index in [-0.39, 0.29) is 18.5 Å². The number of ether oxygens (including phenoxy) is 1. The molecule has 0 saturated heterocycles. The topological polar surface area (TPSA) is 63.6 Å². The number of carbonyl (C=O) groups excluding carboxylic acids is 1. The van der Waals surface area contributed by atoms with E-state index in [9.17, 15) is 9.59 Å². The highest BCUT2D eigenvalue weighted by Gasteiger charge is 2.14. The number of carboxylic acid groups (broad SMARTS) is 1. The van der Waals surface area contributed by atoms with Gasteiger partial charge in [0.25, 0.3) is 0 Å². The number of carbonyl (C=O) groups is 2. The molecule has 4 heteroatoms. The summed E-state index contributed by atoms with van der Waals surface area (Å²) in [6.45, 7) is 4.51. The van der Waals surface area contributed by atoms with Crippen LogP contribution in [0.5, 0.6) is 0 Å². The lowest BCUT2D eigenvalue weighted by molar-refractivity contribution is -0.150. The summed E-state index contributed by atoms with van der Waals surface area (Å²) >= 11 is 0. The van der Waals surface area contributed by atoms with Gasteiger partial charge in [0.15, 0.2) is 0 Å². The molecule has 0 aliphatic rings. The lowest BCUT2D eigenvalue weighted by atomic mass is 10.0. The molecule has 0 heterocycles. The SMILES string of the molecule is CCCCCCCC/C=C\CCCCCCCC(=O)OC(CCCCCCCC)CCCCCCC(=O)O. The molecule has 1 atom stereocenters. The normalized spacial score (nSPS) is 12.3. The van der Waals surface area contributed by atoms with Crippen LogP contribution >= 0.6 is 0 Å². The Labute approximate surface area is 236 Å². The van der Waals surface area contributed by atoms with Gasteiger partial charge in [-0.2, -0.15) is 0 Å². The third-order valence-corrected chi connectivity index (χ3v) is 7.49. The van der Waals surface area contributed by atoms with Crippen LogP contribution < -0.4 is 0 Å². The first kappa shape index (κ1) is 36.7. The Morgan fingerprint density at radius 2 is 0.947 bits per heavy atom. The number of allylic oxidation sites excluding steroid dienone is 2. The Balaban J connectivity index is 3.89. The first-order chi connectivity index (χ1) is 18.6. The second kappa shape index (κ2) is 30.2. The second-order valence-electron chi connectivity index (χ2n) is 11.3. The third kappa shape index (κ3) is 29.2. The minimum Gasteiger partial charge on any atom is -0.481 e. The van der Waals surface area contributed by atoms with Crippen LogP contribution in [0.1, 0.15) is 187 Å². The smallest absolute Gasteiger partial charge is 0.306 e. The molecule has 0 aromatic rings. The van der Waals surface area contributed by atoms with Gasteiger partial charge in [-0.25, -0.2) is 0 Å². The van der Waals surface area contributed by atoms with Crippen molar-refractivity contribution in [2.45, 2.75) is 193 Å². The third-order valence-electron chi connectivity index (χ3n) is 7.49. The molecule has 0 aromatic heterocycles. The van der Waals surface area contributed by atoms with Crippen molar-refractivity contribution in [3.8, 4) is 0 Å². The average molecular weight is 537 g/mol. The lowest BCUT2D eigenvalue weighted by Crippen LogP contribution is -2.18. The fourth-order valence-corrected chi connectivity index (χ4v) is 5.00. The Bertz CT molecular complexity index is 543. The first-order valence-corrected chi connectivity index (χ1v) is 16.7. The van der Waals surface area contributed by atoms with E-state index < -0.39 is 5.97 Å². The summed E-state index contributed by atoms with van der Waals surface area (Å²) in [7, 11) is 0. The maximum atomic E-state index is 12.5. The highest BCUT2D eigenvalue weighted by molar-refractivity contribution is 5.69. The summed E-state index contributed by atoms with van der Waals surface area (Å²) in [4.78, 5) is 23.1. The summed E-state index contributed by atoms with van der Waals surface area (Å²) in [6.07, 6.45) is 35.1. The lowest BCUT2D eigenvalue weighted by Gasteiger charge is -2.18. The summed E-state index contributed by atoms with van der Waals surface area (Å²) in [5, 5.41) is 8.78. The van der Waals surface area contributed by atoms with Crippen LogP contribution in [0, 0.1) is 0 Å². The molecule has 38 heavy (non-hydrogen) atoms. The van der Waals surface area contributed by atoms with E-state index in [4.69, 9.17) is 9.84 Å². The molecule has 0 saturated carbocycles. The molecule has 1 N–H and O–H groups in total. The predicted octanol–water partition coefficient (Wildman–Crippen LogP) is 11.1. The molecular formula is C34H64O4. The van der Waals surface area contributed by atoms with Crippen molar-refractivity contribution in [1.82, 2.24) is 0 Å². The van der Waals surface area contributed by atoms with Crippen molar-refractivity contribution in [2.24, 2.45) is 0 Å². The van der Waals surface area contributed by atoms with E-state index in [1.807, 2.05) is 0 Å². The molecule has 0 rings (SSSR count). The number of hydrogen-bond donors (Lipinski definition) is 1. The van der Waals surface area contributed by atoms with Gasteiger partial charge in [0.2, 0.25) is 0 Å². The van der Waals surface area contributed by atoms with Crippen LogP contribution in [0.2, 0.25) is 0 Å². The van der Waals surface area contributed by atoms with Crippen LogP contribution in [0.25, 0.3) is 0 Å². The van der Waals surface area contributed by atoms with E-state index in [1.165, 1.54) is 103 Å². The molecule has 0 aliphatic carbocycles. The second-order valence-corrected chi connectivity index (χ2v) is 11.3. The van der Waals surface area contributed by atoms with Gasteiger partial charge < -0.3 is 9.84 Å². The van der Waals surface area contributed by atoms with Crippen LogP contribution in [0.15, 0.2) is 12.2 Å². The minimum absolute atomic E-state index is 0.0236. The number of esters is 1. The highest BCUT2D eigenvalue weighted by atomic mass is 16.5. The molecule has 0 bridgehead atoms. The van der Waals surface area contributed by atoms with E-state index >= 15 is 0 Å². The predicted molar refractivity (Wildman–Crippen MR) is 163 cm³/mol. The number of hydrogen-bond acceptors (Lipinski definition) is 3. The van der Waals surface area contributed by atoms with Crippen LogP contribution in [0.4, 0.5) is 0 Å². The van der Waals surface area contributed by atoms with Crippen molar-refractivity contribution in [3.63, 3.8) is 0 Å². The molecule has 224 valence electrons. The van der Waals surface area contributed by atoms with E-state index in [2.05, 4.69) is 26.0 Å². The first-order valence-electron chi connectivity index (χ1n) is 16.7. The summed E-state index contributed by atoms with van der Waals surface area (Å²) < 4.78 is 5.90. The van der Waals surface area contributed by atoms with Crippen molar-refractivity contribution in [2.75, 3.05) is 0 Å². The molecule has 0 amide bonds. The van der Waals surface area contributed by atoms with Gasteiger partial charge in [0.1, 0.15) is 6.10 Å². The molecule has 0 aromatic carbocycles. The molecular weight excluding hydrogens is 472 g/mol. The fraction of sp³-hybridized carbons (Fsp3) is 0.882. The zero-order chi connectivity index (χ0) is 27.9. The number of carboxylic acids is 1. The molecule has 0 radical (unpaired) electrons. The standard InChI is InChI=1S/C34H64O4/c1-3-5-7-9-11-12-13-14-15-16-17-18-19-21-27-31-34(37)38-32(28-24-20-10-8-6-4-2)29-25-22-23-26-30-33(35)36/h14-15,32H,3-13,16-31H2,1-2H3,(H,35,36)/b15-14-. The maximum absolute atomic E-state index is 12.5. The number of aliphatic carboxylic acids is 1. The highest BCUT2D eigenvalue weighted by Crippen LogP contribution is 2.18. The fourth-order valence-electron chi connectivity index (χ4n) is 5.00. The summed E-state index contributed by atoms with van der Waals surface area (Å²) in [5.41, 5.74) is 0. The monoisotopic (exact) mass is 536 g/mol. The van der Waals surface area contributed by atoms with E-state index in [0.717, 1.165) is 57.8 Å². The quantitative estimate of drug-likeness (QED) is 0.0563. The number of rotatable bonds is 30. The molecule has 0 spiro atoms. The van der Waals surface area contributed by atoms with Gasteiger partial charge in [-0.15, -0.1) is 0 Å². The van der Waals surface area contributed by atoms with Crippen LogP contribution in [-0.2, 0) is 14.3 Å². The van der Waals surface area contributed by atoms with Crippen LogP contribution in [-0.4, -0.2) is 23.1 Å². The Morgan fingerprint density at radius 3 is 1.42 bits per heavy atom. The summed E-state index contributed by atoms with van der Waals surface area (Å²) in [6, 6.07) is 0. The van der Waals surface area contributed by atoms with Gasteiger partial charge in [-0.05, 0) is 64.2 Å². The van der Waals surface area contributed by atoms with Crippen molar-refractivity contribution >= 4 is 11.9 Å². The van der Waals surface area contributed by atoms with E-state index in [1.54, 1.807) is 0 Å². The molecule has 4 nitrogen and oxygen atoms in total. The van der Waals surface area contributed by atoms with Crippen molar-refractivity contribution in [1.29, 1.82) is 0 Å². The largest absolute Gasteiger partial charge is 0.481 e. The zero-order valence-electron chi connectivity index (χ0n) is 25.5. The zero-order valence-corrected chi connectivity index (χ0v) is 25.5. The Morgan fingerprint density at radius 1 is 0.553 bits per heavy atom. The molecule has 0 aliphatic heterocycles. The van der Waals surface area contributed by atoms with Gasteiger partial charge in [0, 0.05) is 12.8 Å². The van der Waals surface area contributed by atoms with Gasteiger partial charge in [0.05, 0.1) is 0 Å². The van der Waals surface area contributed by atoms with Crippen LogP contribution in [0.3, 0.4) is 0 Å². The summed E-state index contributed by atoms with van der Waals surface area (Å²) in [5.74, 6) is -0.736. The van der Waals surface area contributed by atoms with Gasteiger partial charge in [-0.1, -0.05) is 122 Å². The maximum Gasteiger partial charge on any atom is 0.306 e. The van der Waals surface area contributed by atoms with Crippen molar-refractivity contribution < 1.29 is 19.4 Å². The molecule has 1 unspecified atom stereocenters. The Kier molecular flexibility index (Phi) is 29.2. The van der Waals surface area contributed by atoms with Gasteiger partial charge >= 0.3 is 11.9 Å². The van der Waals surface area contributed by atoms with Crippen molar-refractivity contribution in [3.05, 3.63) is 12.2 Å². The molecule has 0 fully saturated rings. The number of unbranched alkanes of at least 4 members (excludes halogenated alkanes) is 19. The van der Waals surface area contributed by atoms with Gasteiger partial charge in [-0.3, -0.25) is 9.59 Å². The Hall–Kier alpha value is -1.32.